The molecule has 6 nitrogen and oxygen atoms in total. The topological polar surface area (TPSA) is 70.1 Å². The molecule has 1 N–H and O–H groups in total. The molecule has 2 heterocycles. The number of nitrogens with zero attached hydrogens (tertiary/aromatic N) is 2. The van der Waals surface area contributed by atoms with Crippen molar-refractivity contribution in [2.45, 2.75) is 25.4 Å². The van der Waals surface area contributed by atoms with Gasteiger partial charge in [0.15, 0.2) is 0 Å². The number of ether oxygens (including phenoxy) is 1. The zero-order chi connectivity index (χ0) is 16.4. The zero-order valence-electron chi connectivity index (χ0n) is 12.7. The molecule has 0 saturated carbocycles. The predicted octanol–water partition coefficient (Wildman–Crippen LogP) is 0.924. The molecular formula is C16H19FN2O4. The Morgan fingerprint density at radius 2 is 2.17 bits per heavy atom. The molecule has 0 bridgehead atoms. The highest BCUT2D eigenvalue weighted by Crippen LogP contribution is 2.32. The van der Waals surface area contributed by atoms with Crippen molar-refractivity contribution in [3.8, 4) is 5.75 Å². The van der Waals surface area contributed by atoms with Crippen LogP contribution in [0.25, 0.3) is 0 Å². The Balaban J connectivity index is 1.75. The molecule has 1 atom stereocenters. The molecule has 1 fully saturated rings. The molecular weight excluding hydrogens is 303 g/mol. The van der Waals surface area contributed by atoms with E-state index in [9.17, 15) is 19.1 Å². The third-order valence-electron chi connectivity index (χ3n) is 4.16. The minimum atomic E-state index is -1.03. The van der Waals surface area contributed by atoms with E-state index in [4.69, 9.17) is 4.74 Å². The summed E-state index contributed by atoms with van der Waals surface area (Å²) < 4.78 is 18.6. The van der Waals surface area contributed by atoms with Crippen LogP contribution in [0.15, 0.2) is 18.2 Å². The first-order chi connectivity index (χ1) is 11.1. The van der Waals surface area contributed by atoms with Gasteiger partial charge in [-0.05, 0) is 31.4 Å². The van der Waals surface area contributed by atoms with Crippen LogP contribution in [0.3, 0.4) is 0 Å². The van der Waals surface area contributed by atoms with Crippen molar-refractivity contribution in [3.63, 3.8) is 0 Å². The second-order valence-corrected chi connectivity index (χ2v) is 5.78. The lowest BCUT2D eigenvalue weighted by Crippen LogP contribution is -2.47. The Morgan fingerprint density at radius 1 is 1.35 bits per heavy atom. The standard InChI is InChI=1S/C16H19FN2O4/c17-11-4-5-12-14(9-11)23-8-7-19(12)15(21)10-18-6-2-1-3-13(20)16(18)22/h4-5,9,13,20H,1-3,6-8,10H2. The Hall–Kier alpha value is -2.15. The fourth-order valence-corrected chi connectivity index (χ4v) is 2.94. The van der Waals surface area contributed by atoms with Crippen LogP contribution >= 0.6 is 0 Å². The number of amides is 2. The van der Waals surface area contributed by atoms with Crippen molar-refractivity contribution >= 4 is 17.5 Å². The minimum Gasteiger partial charge on any atom is -0.489 e. The van der Waals surface area contributed by atoms with Crippen molar-refractivity contribution in [2.24, 2.45) is 0 Å². The molecule has 124 valence electrons. The Bertz CT molecular complexity index is 622. The van der Waals surface area contributed by atoms with Gasteiger partial charge in [-0.2, -0.15) is 0 Å². The van der Waals surface area contributed by atoms with Gasteiger partial charge in [-0.25, -0.2) is 4.39 Å². The van der Waals surface area contributed by atoms with Gasteiger partial charge in [-0.15, -0.1) is 0 Å². The van der Waals surface area contributed by atoms with E-state index in [1.165, 1.54) is 28.0 Å². The second-order valence-electron chi connectivity index (χ2n) is 5.78. The van der Waals surface area contributed by atoms with Crippen LogP contribution in [0, 0.1) is 5.82 Å². The quantitative estimate of drug-likeness (QED) is 0.879. The van der Waals surface area contributed by atoms with Gasteiger partial charge >= 0.3 is 0 Å². The van der Waals surface area contributed by atoms with Crippen LogP contribution in [0.2, 0.25) is 0 Å². The maximum Gasteiger partial charge on any atom is 0.251 e. The van der Waals surface area contributed by atoms with Crippen LogP contribution in [-0.2, 0) is 9.59 Å². The summed E-state index contributed by atoms with van der Waals surface area (Å²) in [5.74, 6) is -0.761. The first-order valence-electron chi connectivity index (χ1n) is 7.76. The summed E-state index contributed by atoms with van der Waals surface area (Å²) in [5, 5.41) is 9.76. The Kier molecular flexibility index (Phi) is 4.47. The molecule has 7 heteroatoms. The fourth-order valence-electron chi connectivity index (χ4n) is 2.94. The molecule has 0 spiro atoms. The summed E-state index contributed by atoms with van der Waals surface area (Å²) in [6.07, 6.45) is 0.929. The summed E-state index contributed by atoms with van der Waals surface area (Å²) in [5.41, 5.74) is 0.505. The molecule has 1 saturated heterocycles. The molecule has 23 heavy (non-hydrogen) atoms. The minimum absolute atomic E-state index is 0.0906. The molecule has 2 aliphatic rings. The van der Waals surface area contributed by atoms with Crippen LogP contribution < -0.4 is 9.64 Å². The maximum absolute atomic E-state index is 13.3. The fraction of sp³-hybridized carbons (Fsp3) is 0.500. The van der Waals surface area contributed by atoms with E-state index < -0.39 is 17.8 Å². The summed E-state index contributed by atoms with van der Waals surface area (Å²) in [4.78, 5) is 27.6. The number of likely N-dealkylation sites (tertiary alicyclic amines) is 1. The van der Waals surface area contributed by atoms with Gasteiger partial charge < -0.3 is 19.6 Å². The predicted molar refractivity (Wildman–Crippen MR) is 80.7 cm³/mol. The number of benzene rings is 1. The van der Waals surface area contributed by atoms with Crippen LogP contribution in [0.4, 0.5) is 10.1 Å². The molecule has 2 amide bonds. The first-order valence-corrected chi connectivity index (χ1v) is 7.76. The molecule has 1 unspecified atom stereocenters. The highest BCUT2D eigenvalue weighted by molar-refractivity contribution is 5.98. The van der Waals surface area contributed by atoms with E-state index in [1.807, 2.05) is 0 Å². The first kappa shape index (κ1) is 15.7. The average Bonchev–Trinajstić information content (AvgIpc) is 2.69. The molecule has 1 aromatic rings. The number of carbonyl (C=O) groups is 2. The Morgan fingerprint density at radius 3 is 3.00 bits per heavy atom. The second kappa shape index (κ2) is 6.54. The number of aliphatic hydroxyl groups excluding tert-OH is 1. The molecule has 0 radical (unpaired) electrons. The van der Waals surface area contributed by atoms with Gasteiger partial charge in [0.25, 0.3) is 5.91 Å². The van der Waals surface area contributed by atoms with E-state index in [0.717, 1.165) is 12.8 Å². The lowest BCUT2D eigenvalue weighted by Gasteiger charge is -2.31. The van der Waals surface area contributed by atoms with Gasteiger partial charge in [0, 0.05) is 12.6 Å². The van der Waals surface area contributed by atoms with Crippen LogP contribution in [-0.4, -0.2) is 54.2 Å². The van der Waals surface area contributed by atoms with Crippen molar-refractivity contribution in [2.75, 3.05) is 31.1 Å². The van der Waals surface area contributed by atoms with Gasteiger partial charge in [-0.1, -0.05) is 0 Å². The number of aliphatic hydroxyl groups is 1. The van der Waals surface area contributed by atoms with E-state index >= 15 is 0 Å². The molecule has 0 aromatic heterocycles. The van der Waals surface area contributed by atoms with E-state index in [-0.39, 0.29) is 19.1 Å². The summed E-state index contributed by atoms with van der Waals surface area (Å²) in [7, 11) is 0. The van der Waals surface area contributed by atoms with Gasteiger partial charge in [-0.3, -0.25) is 9.59 Å². The Labute approximate surface area is 133 Å². The van der Waals surface area contributed by atoms with E-state index in [2.05, 4.69) is 0 Å². The van der Waals surface area contributed by atoms with Gasteiger partial charge in [0.1, 0.15) is 30.8 Å². The summed E-state index contributed by atoms with van der Waals surface area (Å²) >= 11 is 0. The van der Waals surface area contributed by atoms with Crippen molar-refractivity contribution < 1.29 is 23.8 Å². The largest absolute Gasteiger partial charge is 0.489 e. The van der Waals surface area contributed by atoms with Crippen molar-refractivity contribution in [1.82, 2.24) is 4.90 Å². The van der Waals surface area contributed by atoms with E-state index in [0.29, 0.717) is 30.9 Å². The zero-order valence-corrected chi connectivity index (χ0v) is 12.7. The highest BCUT2D eigenvalue weighted by Gasteiger charge is 2.30. The third-order valence-corrected chi connectivity index (χ3v) is 4.16. The van der Waals surface area contributed by atoms with E-state index in [1.54, 1.807) is 0 Å². The number of carbonyl (C=O) groups excluding carboxylic acids is 2. The SMILES string of the molecule is O=C1C(O)CCCCN1CC(=O)N1CCOc2cc(F)ccc21. The lowest BCUT2D eigenvalue weighted by atomic mass is 10.2. The maximum atomic E-state index is 13.3. The highest BCUT2D eigenvalue weighted by atomic mass is 19.1. The molecule has 1 aromatic carbocycles. The average molecular weight is 322 g/mol. The smallest absolute Gasteiger partial charge is 0.251 e. The number of fused-ring (bicyclic) bond motifs is 1. The third kappa shape index (κ3) is 3.29. The van der Waals surface area contributed by atoms with Gasteiger partial charge in [0.05, 0.1) is 12.2 Å². The number of hydrogen-bond donors (Lipinski definition) is 1. The molecule has 3 rings (SSSR count). The van der Waals surface area contributed by atoms with Crippen molar-refractivity contribution in [1.29, 1.82) is 0 Å². The number of anilines is 1. The molecule has 2 aliphatic heterocycles. The number of hydrogen-bond acceptors (Lipinski definition) is 4. The normalized spacial score (nSPS) is 21.5. The summed E-state index contributed by atoms with van der Waals surface area (Å²) in [6, 6.07) is 4.02. The summed E-state index contributed by atoms with van der Waals surface area (Å²) in [6.45, 7) is 0.996. The monoisotopic (exact) mass is 322 g/mol. The van der Waals surface area contributed by atoms with Crippen LogP contribution in [0.5, 0.6) is 5.75 Å². The number of rotatable bonds is 2. The van der Waals surface area contributed by atoms with Crippen LogP contribution in [0.1, 0.15) is 19.3 Å². The van der Waals surface area contributed by atoms with Gasteiger partial charge in [0.2, 0.25) is 5.91 Å². The van der Waals surface area contributed by atoms with Crippen molar-refractivity contribution in [3.05, 3.63) is 24.0 Å². The molecule has 0 aliphatic carbocycles. The number of halogens is 1. The lowest BCUT2D eigenvalue weighted by molar-refractivity contribution is -0.142.